The molecule has 0 spiro atoms. The zero-order valence-corrected chi connectivity index (χ0v) is 11.0. The Morgan fingerprint density at radius 2 is 2.29 bits per heavy atom. The maximum atomic E-state index is 12.2. The molecule has 21 heavy (non-hydrogen) atoms. The van der Waals surface area contributed by atoms with E-state index in [-0.39, 0.29) is 11.7 Å². The summed E-state index contributed by atoms with van der Waals surface area (Å²) in [5.41, 5.74) is 8.53. The minimum Gasteiger partial charge on any atom is -0.504 e. The Labute approximate surface area is 119 Å². The van der Waals surface area contributed by atoms with Gasteiger partial charge in [0.15, 0.2) is 6.73 Å². The normalized spacial score (nSPS) is 12.2. The van der Waals surface area contributed by atoms with Gasteiger partial charge in [0.25, 0.3) is 0 Å². The van der Waals surface area contributed by atoms with Gasteiger partial charge in [-0.05, 0) is 17.7 Å². The van der Waals surface area contributed by atoms with E-state index in [1.165, 1.54) is 6.07 Å². The van der Waals surface area contributed by atoms with Gasteiger partial charge in [0.1, 0.15) is 10.8 Å². The number of fused-ring (bicyclic) bond motifs is 1. The third kappa shape index (κ3) is 3.77. The van der Waals surface area contributed by atoms with Crippen molar-refractivity contribution in [3.8, 4) is 5.75 Å². The highest BCUT2D eigenvalue weighted by atomic mass is 32.1. The zero-order chi connectivity index (χ0) is 15.5. The molecule has 2 rings (SSSR count). The van der Waals surface area contributed by atoms with Crippen LogP contribution < -0.4 is 4.74 Å². The third-order valence-corrected chi connectivity index (χ3v) is 3.26. The summed E-state index contributed by atoms with van der Waals surface area (Å²) in [4.78, 5) is 6.47. The van der Waals surface area contributed by atoms with Crippen LogP contribution in [0.3, 0.4) is 0 Å². The summed E-state index contributed by atoms with van der Waals surface area (Å²) in [6, 6.07) is 4.69. The van der Waals surface area contributed by atoms with Crippen LogP contribution in [-0.2, 0) is 0 Å². The first kappa shape index (κ1) is 14.9. The van der Waals surface area contributed by atoms with Crippen molar-refractivity contribution in [2.24, 2.45) is 5.11 Å². The lowest BCUT2D eigenvalue weighted by Crippen LogP contribution is -2.10. The molecule has 1 heterocycles. The number of alkyl halides is 3. The van der Waals surface area contributed by atoms with Crippen LogP contribution in [0.15, 0.2) is 29.1 Å². The van der Waals surface area contributed by atoms with Crippen LogP contribution in [0, 0.1) is 0 Å². The smallest absolute Gasteiger partial charge is 0.448 e. The molecule has 0 saturated carbocycles. The van der Waals surface area contributed by atoms with Gasteiger partial charge in [0.05, 0.1) is 10.2 Å². The minimum atomic E-state index is -4.80. The molecule has 0 atom stereocenters. The summed E-state index contributed by atoms with van der Waals surface area (Å²) < 4.78 is 42.4. The van der Waals surface area contributed by atoms with Crippen LogP contribution in [0.5, 0.6) is 5.75 Å². The Hall–Kier alpha value is -2.45. The zero-order valence-electron chi connectivity index (χ0n) is 10.2. The first-order valence-corrected chi connectivity index (χ1v) is 6.24. The number of rotatable bonds is 4. The van der Waals surface area contributed by atoms with Crippen LogP contribution in [0.1, 0.15) is 5.01 Å². The predicted octanol–water partition coefficient (Wildman–Crippen LogP) is 4.40. The Morgan fingerprint density at radius 3 is 2.95 bits per heavy atom. The van der Waals surface area contributed by atoms with Crippen molar-refractivity contribution in [3.63, 3.8) is 0 Å². The van der Waals surface area contributed by atoms with Crippen LogP contribution >= 0.6 is 11.3 Å². The molecule has 110 valence electrons. The number of nitrogens with zero attached hydrogens (tertiary/aromatic N) is 4. The fourth-order valence-corrected chi connectivity index (χ4v) is 2.29. The van der Waals surface area contributed by atoms with Gasteiger partial charge in [-0.15, -0.1) is 11.3 Å². The average Bonchev–Trinajstić information content (AvgIpc) is 2.79. The van der Waals surface area contributed by atoms with Gasteiger partial charge in [-0.3, -0.25) is 0 Å². The van der Waals surface area contributed by atoms with E-state index in [0.717, 1.165) is 11.3 Å². The molecule has 0 saturated heterocycles. The van der Waals surface area contributed by atoms with Crippen molar-refractivity contribution in [1.29, 1.82) is 0 Å². The number of hydrogen-bond acceptors (Lipinski definition) is 5. The van der Waals surface area contributed by atoms with E-state index < -0.39 is 11.9 Å². The summed E-state index contributed by atoms with van der Waals surface area (Å²) in [5, 5.41) is 12.1. The highest BCUT2D eigenvalue weighted by molar-refractivity contribution is 7.19. The van der Waals surface area contributed by atoms with E-state index >= 15 is 0 Å². The number of halogens is 3. The van der Waals surface area contributed by atoms with Gasteiger partial charge in [-0.2, -0.15) is 13.2 Å². The van der Waals surface area contributed by atoms with Gasteiger partial charge >= 0.3 is 6.18 Å². The van der Waals surface area contributed by atoms with Crippen LogP contribution in [0.2, 0.25) is 0 Å². The van der Waals surface area contributed by atoms with Crippen molar-refractivity contribution in [3.05, 3.63) is 39.4 Å². The predicted molar refractivity (Wildman–Crippen MR) is 70.9 cm³/mol. The quantitative estimate of drug-likeness (QED) is 0.392. The number of azide groups is 1. The van der Waals surface area contributed by atoms with Gasteiger partial charge in [-0.1, -0.05) is 5.11 Å². The Kier molecular flexibility index (Phi) is 4.20. The lowest BCUT2D eigenvalue weighted by Gasteiger charge is -2.02. The molecule has 10 heteroatoms. The molecule has 0 radical (unpaired) electrons. The number of hydrogen-bond donors (Lipinski definition) is 1. The summed E-state index contributed by atoms with van der Waals surface area (Å²) in [6.07, 6.45) is -4.24. The van der Waals surface area contributed by atoms with E-state index in [1.807, 2.05) is 0 Å². The molecular weight excluding hydrogens is 309 g/mol. The second-order valence-electron chi connectivity index (χ2n) is 3.71. The number of thiazole rings is 1. The highest BCUT2D eigenvalue weighted by Gasteiger charge is 2.33. The first-order chi connectivity index (χ1) is 9.90. The standard InChI is InChI=1S/C11H7F3N4O2S/c12-11(13,14)9(19)4-10-17-7-3-6(20-5-16-18-15)1-2-8(7)21-10/h1-4,19H,5H2/b9-4-. The molecule has 0 bridgehead atoms. The largest absolute Gasteiger partial charge is 0.504 e. The lowest BCUT2D eigenvalue weighted by atomic mass is 10.3. The number of aromatic nitrogens is 1. The second kappa shape index (κ2) is 5.90. The van der Waals surface area contributed by atoms with Gasteiger partial charge < -0.3 is 9.84 Å². The molecule has 0 fully saturated rings. The van der Waals surface area contributed by atoms with Crippen molar-refractivity contribution in [2.75, 3.05) is 6.73 Å². The third-order valence-electron chi connectivity index (χ3n) is 2.28. The van der Waals surface area contributed by atoms with Crippen molar-refractivity contribution in [2.45, 2.75) is 6.18 Å². The van der Waals surface area contributed by atoms with Gasteiger partial charge in [0.2, 0.25) is 5.76 Å². The minimum absolute atomic E-state index is 0.0204. The lowest BCUT2D eigenvalue weighted by molar-refractivity contribution is -0.119. The number of aliphatic hydroxyl groups is 1. The van der Waals surface area contributed by atoms with E-state index in [1.54, 1.807) is 12.1 Å². The molecule has 0 aliphatic rings. The second-order valence-corrected chi connectivity index (χ2v) is 4.78. The number of ether oxygens (including phenoxy) is 1. The molecule has 0 aliphatic carbocycles. The average molecular weight is 316 g/mol. The van der Waals surface area contributed by atoms with E-state index in [2.05, 4.69) is 15.0 Å². The number of allylic oxidation sites excluding steroid dienone is 1. The van der Waals surface area contributed by atoms with E-state index in [9.17, 15) is 13.2 Å². The van der Waals surface area contributed by atoms with E-state index in [0.29, 0.717) is 22.0 Å². The SMILES string of the molecule is [N-]=[N+]=NCOc1ccc2sc(/C=C(\O)C(F)(F)F)nc2c1. The summed E-state index contributed by atoms with van der Waals surface area (Å²) in [6.45, 7) is -0.201. The van der Waals surface area contributed by atoms with E-state index in [4.69, 9.17) is 15.4 Å². The van der Waals surface area contributed by atoms with Crippen molar-refractivity contribution < 1.29 is 23.0 Å². The fourth-order valence-electron chi connectivity index (χ4n) is 1.40. The molecule has 6 nitrogen and oxygen atoms in total. The maximum absolute atomic E-state index is 12.2. The van der Waals surface area contributed by atoms with Crippen molar-refractivity contribution >= 4 is 27.6 Å². The number of aliphatic hydroxyl groups excluding tert-OH is 1. The van der Waals surface area contributed by atoms with Crippen LogP contribution in [0.4, 0.5) is 13.2 Å². The molecule has 2 aromatic rings. The van der Waals surface area contributed by atoms with Gasteiger partial charge in [0, 0.05) is 17.1 Å². The Bertz CT molecular complexity index is 735. The number of benzene rings is 1. The molecular formula is C11H7F3N4O2S. The topological polar surface area (TPSA) is 91.1 Å². The first-order valence-electron chi connectivity index (χ1n) is 5.42. The molecule has 1 N–H and O–H groups in total. The fraction of sp³-hybridized carbons (Fsp3) is 0.182. The molecule has 0 unspecified atom stereocenters. The monoisotopic (exact) mass is 316 g/mol. The van der Waals surface area contributed by atoms with Crippen LogP contribution in [-0.4, -0.2) is 23.0 Å². The molecule has 1 aromatic carbocycles. The summed E-state index contributed by atoms with van der Waals surface area (Å²) in [7, 11) is 0. The highest BCUT2D eigenvalue weighted by Crippen LogP contribution is 2.30. The Morgan fingerprint density at radius 1 is 1.52 bits per heavy atom. The molecule has 0 amide bonds. The van der Waals surface area contributed by atoms with Crippen molar-refractivity contribution in [1.82, 2.24) is 4.98 Å². The molecule has 0 aliphatic heterocycles. The molecule has 1 aromatic heterocycles. The van der Waals surface area contributed by atoms with Crippen LogP contribution in [0.25, 0.3) is 26.7 Å². The Balaban J connectivity index is 2.27. The summed E-state index contributed by atoms with van der Waals surface area (Å²) >= 11 is 0.994. The maximum Gasteiger partial charge on any atom is 0.448 e. The summed E-state index contributed by atoms with van der Waals surface area (Å²) in [5.74, 6) is -1.34. The van der Waals surface area contributed by atoms with Gasteiger partial charge in [-0.25, -0.2) is 4.98 Å².